The summed E-state index contributed by atoms with van der Waals surface area (Å²) in [6.07, 6.45) is 1.85. The molecule has 1 atom stereocenters. The van der Waals surface area contributed by atoms with E-state index < -0.39 is 5.60 Å². The maximum absolute atomic E-state index is 10.1. The maximum Gasteiger partial charge on any atom is 0.257 e. The minimum absolute atomic E-state index is 0.550. The summed E-state index contributed by atoms with van der Waals surface area (Å²) in [5.41, 5.74) is 1.53. The monoisotopic (exact) mass is 287 g/mol. The molecule has 0 saturated carbocycles. The van der Waals surface area contributed by atoms with Gasteiger partial charge in [0.25, 0.3) is 5.89 Å². The van der Waals surface area contributed by atoms with Crippen LogP contribution in [0.25, 0.3) is 11.5 Å². The van der Waals surface area contributed by atoms with E-state index in [-0.39, 0.29) is 0 Å². The fourth-order valence-electron chi connectivity index (χ4n) is 2.79. The average Bonchev–Trinajstić information content (AvgIpc) is 2.87. The van der Waals surface area contributed by atoms with Gasteiger partial charge in [-0.2, -0.15) is 4.98 Å². The number of β-amino-alcohol motifs (C(OH)–C–C–N with tert-alkyl or cyclic N) is 1. The Kier molecular flexibility index (Phi) is 3.78. The number of nitrogens with zero attached hydrogens (tertiary/aromatic N) is 3. The molecule has 2 aromatic rings. The van der Waals surface area contributed by atoms with E-state index in [4.69, 9.17) is 4.52 Å². The van der Waals surface area contributed by atoms with Crippen LogP contribution >= 0.6 is 0 Å². The summed E-state index contributed by atoms with van der Waals surface area (Å²) >= 11 is 0. The van der Waals surface area contributed by atoms with Crippen molar-refractivity contribution in [2.45, 2.75) is 38.8 Å². The van der Waals surface area contributed by atoms with Crippen molar-refractivity contribution in [3.8, 4) is 11.5 Å². The Morgan fingerprint density at radius 3 is 2.81 bits per heavy atom. The fraction of sp³-hybridized carbons (Fsp3) is 0.500. The van der Waals surface area contributed by atoms with Crippen LogP contribution < -0.4 is 0 Å². The molecule has 0 spiro atoms. The van der Waals surface area contributed by atoms with Crippen LogP contribution in [0.5, 0.6) is 0 Å². The minimum Gasteiger partial charge on any atom is -0.389 e. The maximum atomic E-state index is 10.1. The molecule has 1 N–H and O–H groups in total. The van der Waals surface area contributed by atoms with Crippen molar-refractivity contribution in [3.63, 3.8) is 0 Å². The van der Waals surface area contributed by atoms with Crippen LogP contribution in [0.2, 0.25) is 0 Å². The molecular weight excluding hydrogens is 266 g/mol. The first-order valence-corrected chi connectivity index (χ1v) is 7.36. The Morgan fingerprint density at radius 2 is 2.10 bits per heavy atom. The molecule has 1 aliphatic heterocycles. The number of hydrogen-bond donors (Lipinski definition) is 1. The quantitative estimate of drug-likeness (QED) is 0.939. The van der Waals surface area contributed by atoms with E-state index in [2.05, 4.69) is 15.0 Å². The van der Waals surface area contributed by atoms with Gasteiger partial charge in [-0.05, 0) is 45.4 Å². The van der Waals surface area contributed by atoms with E-state index in [1.54, 1.807) is 0 Å². The lowest BCUT2D eigenvalue weighted by atomic mass is 9.95. The van der Waals surface area contributed by atoms with Gasteiger partial charge in [0.1, 0.15) is 0 Å². The zero-order valence-corrected chi connectivity index (χ0v) is 12.5. The second-order valence-electron chi connectivity index (χ2n) is 6.19. The predicted molar refractivity (Wildman–Crippen MR) is 79.6 cm³/mol. The fourth-order valence-corrected chi connectivity index (χ4v) is 2.79. The third-order valence-electron chi connectivity index (χ3n) is 3.89. The smallest absolute Gasteiger partial charge is 0.257 e. The van der Waals surface area contributed by atoms with Crippen molar-refractivity contribution < 1.29 is 9.63 Å². The molecule has 1 fully saturated rings. The number of aliphatic hydroxyl groups is 1. The van der Waals surface area contributed by atoms with Gasteiger partial charge >= 0.3 is 0 Å². The van der Waals surface area contributed by atoms with Crippen LogP contribution in [0.15, 0.2) is 28.8 Å². The van der Waals surface area contributed by atoms with Crippen molar-refractivity contribution >= 4 is 0 Å². The number of rotatable bonds is 3. The lowest BCUT2D eigenvalue weighted by Gasteiger charge is -2.36. The average molecular weight is 287 g/mol. The van der Waals surface area contributed by atoms with Gasteiger partial charge in [0.15, 0.2) is 5.82 Å². The number of aromatic nitrogens is 2. The number of hydrogen-bond acceptors (Lipinski definition) is 5. The molecule has 1 unspecified atom stereocenters. The van der Waals surface area contributed by atoms with Crippen LogP contribution in [-0.2, 0) is 6.54 Å². The van der Waals surface area contributed by atoms with E-state index in [9.17, 15) is 5.11 Å². The topological polar surface area (TPSA) is 62.4 Å². The standard InChI is InChI=1S/C16H21N3O2/c1-12-4-6-13(7-5-12)15-17-14(18-21-15)10-19-9-3-8-16(2,20)11-19/h4-7,20H,3,8-11H2,1-2H3. The summed E-state index contributed by atoms with van der Waals surface area (Å²) in [5.74, 6) is 1.22. The van der Waals surface area contributed by atoms with Gasteiger partial charge in [0, 0.05) is 12.1 Å². The molecule has 1 aliphatic rings. The van der Waals surface area contributed by atoms with E-state index in [0.717, 1.165) is 24.9 Å². The van der Waals surface area contributed by atoms with E-state index in [1.807, 2.05) is 38.1 Å². The first-order chi connectivity index (χ1) is 10.0. The van der Waals surface area contributed by atoms with Crippen molar-refractivity contribution in [1.29, 1.82) is 0 Å². The zero-order chi connectivity index (χ0) is 14.9. The summed E-state index contributed by atoms with van der Waals surface area (Å²) < 4.78 is 5.33. The van der Waals surface area contributed by atoms with Crippen molar-refractivity contribution in [2.24, 2.45) is 0 Å². The molecule has 0 radical (unpaired) electrons. The highest BCUT2D eigenvalue weighted by molar-refractivity contribution is 5.53. The molecule has 1 aromatic carbocycles. The van der Waals surface area contributed by atoms with Gasteiger partial charge in [-0.3, -0.25) is 4.90 Å². The predicted octanol–water partition coefficient (Wildman–Crippen LogP) is 2.39. The molecule has 0 aliphatic carbocycles. The lowest BCUT2D eigenvalue weighted by Crippen LogP contribution is -2.45. The molecule has 3 rings (SSSR count). The molecule has 0 bridgehead atoms. The van der Waals surface area contributed by atoms with Crippen molar-refractivity contribution in [3.05, 3.63) is 35.7 Å². The third kappa shape index (κ3) is 3.49. The Hall–Kier alpha value is -1.72. The van der Waals surface area contributed by atoms with Gasteiger partial charge in [0.2, 0.25) is 0 Å². The molecular formula is C16H21N3O2. The van der Waals surface area contributed by atoms with Crippen LogP contribution in [-0.4, -0.2) is 38.8 Å². The Balaban J connectivity index is 1.69. The molecule has 21 heavy (non-hydrogen) atoms. The first-order valence-electron chi connectivity index (χ1n) is 7.36. The van der Waals surface area contributed by atoms with Crippen LogP contribution in [0.4, 0.5) is 0 Å². The number of likely N-dealkylation sites (tertiary alicyclic amines) is 1. The Bertz CT molecular complexity index is 604. The molecule has 1 saturated heterocycles. The van der Waals surface area contributed by atoms with Gasteiger partial charge in [0.05, 0.1) is 12.1 Å². The van der Waals surface area contributed by atoms with E-state index >= 15 is 0 Å². The van der Waals surface area contributed by atoms with E-state index in [1.165, 1.54) is 5.56 Å². The SMILES string of the molecule is Cc1ccc(-c2nc(CN3CCCC(C)(O)C3)no2)cc1. The van der Waals surface area contributed by atoms with Gasteiger partial charge in [-0.1, -0.05) is 22.9 Å². The Morgan fingerprint density at radius 1 is 1.33 bits per heavy atom. The van der Waals surface area contributed by atoms with Gasteiger partial charge < -0.3 is 9.63 Å². The first kappa shape index (κ1) is 14.2. The lowest BCUT2D eigenvalue weighted by molar-refractivity contribution is -0.0190. The van der Waals surface area contributed by atoms with Crippen molar-refractivity contribution in [2.75, 3.05) is 13.1 Å². The van der Waals surface area contributed by atoms with E-state index in [0.29, 0.717) is 24.8 Å². The highest BCUT2D eigenvalue weighted by Gasteiger charge is 2.29. The highest BCUT2D eigenvalue weighted by Crippen LogP contribution is 2.22. The summed E-state index contributed by atoms with van der Waals surface area (Å²) in [6.45, 7) is 6.16. The van der Waals surface area contributed by atoms with Crippen LogP contribution in [0, 0.1) is 6.92 Å². The number of aryl methyl sites for hydroxylation is 1. The summed E-state index contributed by atoms with van der Waals surface area (Å²) in [7, 11) is 0. The molecule has 5 heteroatoms. The largest absolute Gasteiger partial charge is 0.389 e. The molecule has 112 valence electrons. The summed E-state index contributed by atoms with van der Waals surface area (Å²) in [4.78, 5) is 6.62. The summed E-state index contributed by atoms with van der Waals surface area (Å²) in [6, 6.07) is 8.03. The van der Waals surface area contributed by atoms with Crippen LogP contribution in [0.3, 0.4) is 0 Å². The molecule has 0 amide bonds. The normalized spacial score (nSPS) is 23.4. The summed E-state index contributed by atoms with van der Waals surface area (Å²) in [5, 5.41) is 14.2. The molecule has 2 heterocycles. The Labute approximate surface area is 124 Å². The van der Waals surface area contributed by atoms with Gasteiger partial charge in [-0.25, -0.2) is 0 Å². The minimum atomic E-state index is -0.609. The van der Waals surface area contributed by atoms with Gasteiger partial charge in [-0.15, -0.1) is 0 Å². The second kappa shape index (κ2) is 5.58. The number of piperidine rings is 1. The van der Waals surface area contributed by atoms with Crippen molar-refractivity contribution in [1.82, 2.24) is 15.0 Å². The number of benzene rings is 1. The highest BCUT2D eigenvalue weighted by atomic mass is 16.5. The molecule has 1 aromatic heterocycles. The van der Waals surface area contributed by atoms with Crippen LogP contribution in [0.1, 0.15) is 31.2 Å². The second-order valence-corrected chi connectivity index (χ2v) is 6.19. The molecule has 5 nitrogen and oxygen atoms in total. The zero-order valence-electron chi connectivity index (χ0n) is 12.5. The third-order valence-corrected chi connectivity index (χ3v) is 3.89.